The number of carboxylic acids is 2. The maximum atomic E-state index is 11.9. The average molecular weight is 541 g/mol. The molecular weight excluding hydrogens is 508 g/mol. The quantitative estimate of drug-likeness (QED) is 0.334. The van der Waals surface area contributed by atoms with Crippen molar-refractivity contribution < 1.29 is 35.5 Å². The Morgan fingerprint density at radius 2 is 1.41 bits per heavy atom. The average Bonchev–Trinajstić information content (AvgIpc) is 3.47. The van der Waals surface area contributed by atoms with Gasteiger partial charge in [-0.2, -0.15) is 9.78 Å². The molecule has 2 unspecified atom stereocenters. The summed E-state index contributed by atoms with van der Waals surface area (Å²) in [6, 6.07) is 20.7. The van der Waals surface area contributed by atoms with Crippen LogP contribution in [0.2, 0.25) is 0 Å². The summed E-state index contributed by atoms with van der Waals surface area (Å²) in [5.41, 5.74) is 4.30. The van der Waals surface area contributed by atoms with Gasteiger partial charge in [0.05, 0.1) is 5.69 Å². The number of aromatic nitrogens is 2. The smallest absolute Gasteiger partial charge is 0.335 e. The van der Waals surface area contributed by atoms with Crippen molar-refractivity contribution in [3.63, 3.8) is 0 Å². The van der Waals surface area contributed by atoms with Gasteiger partial charge >= 0.3 is 11.9 Å². The number of likely N-dealkylation sites (N-methyl/N-ethyl adjacent to an activating group) is 1. The monoisotopic (exact) mass is 540 g/mol. The van der Waals surface area contributed by atoms with Crippen LogP contribution in [-0.4, -0.2) is 97.5 Å². The Hall–Kier alpha value is -4.10. The molecule has 5 rings (SSSR count). The molecule has 2 saturated heterocycles. The first-order valence-electron chi connectivity index (χ1n) is 12.2. The Bertz CT molecular complexity index is 1310. The van der Waals surface area contributed by atoms with Crippen molar-refractivity contribution in [2.24, 2.45) is 5.92 Å². The highest BCUT2D eigenvalue weighted by atomic mass is 16.4. The van der Waals surface area contributed by atoms with Crippen LogP contribution in [0.3, 0.4) is 0 Å². The lowest BCUT2D eigenvalue weighted by Gasteiger charge is -2.26. The number of likely N-dealkylation sites (tertiary alicyclic amines) is 1. The number of carbonyl (C=O) groups is 2. The molecule has 6 N–H and O–H groups in total. The van der Waals surface area contributed by atoms with E-state index in [0.717, 1.165) is 23.7 Å². The summed E-state index contributed by atoms with van der Waals surface area (Å²) >= 11 is 0. The first kappa shape index (κ1) is 29.5. The van der Waals surface area contributed by atoms with Crippen LogP contribution in [-0.2, 0) is 9.59 Å². The summed E-state index contributed by atoms with van der Waals surface area (Å²) in [5, 5.41) is 36.7. The number of fused-ring (bicyclic) bond motifs is 1. The summed E-state index contributed by atoms with van der Waals surface area (Å²) in [5.74, 6) is -2.72. The van der Waals surface area contributed by atoms with Gasteiger partial charge in [-0.3, -0.25) is 4.79 Å². The van der Waals surface area contributed by atoms with E-state index < -0.39 is 24.1 Å². The van der Waals surface area contributed by atoms with E-state index >= 15 is 0 Å². The minimum atomic E-state index is -2.27. The fourth-order valence-electron chi connectivity index (χ4n) is 4.96. The van der Waals surface area contributed by atoms with Gasteiger partial charge in [-0.1, -0.05) is 24.3 Å². The van der Waals surface area contributed by atoms with E-state index in [0.29, 0.717) is 6.04 Å². The first-order valence-corrected chi connectivity index (χ1v) is 12.2. The lowest BCUT2D eigenvalue weighted by molar-refractivity contribution is -0.165. The van der Waals surface area contributed by atoms with E-state index in [4.69, 9.17) is 20.4 Å². The summed E-state index contributed by atoms with van der Waals surface area (Å²) in [6.07, 6.45) is -1.61. The molecule has 2 aliphatic rings. The summed E-state index contributed by atoms with van der Waals surface area (Å²) < 4.78 is 1.41. The van der Waals surface area contributed by atoms with Crippen molar-refractivity contribution in [1.82, 2.24) is 14.7 Å². The third kappa shape index (κ3) is 6.67. The molecular formula is C27H32N4O8. The molecule has 0 saturated carbocycles. The molecule has 2 aromatic carbocycles. The number of aliphatic carboxylic acids is 2. The highest BCUT2D eigenvalue weighted by Crippen LogP contribution is 2.35. The van der Waals surface area contributed by atoms with Gasteiger partial charge in [0.1, 0.15) is 0 Å². The fraction of sp³-hybridized carbons (Fsp3) is 0.333. The molecule has 2 aliphatic heterocycles. The molecule has 4 atom stereocenters. The topological polar surface area (TPSA) is 188 Å². The minimum absolute atomic E-state index is 0. The second-order valence-electron chi connectivity index (χ2n) is 9.46. The van der Waals surface area contributed by atoms with Gasteiger partial charge in [0.25, 0.3) is 5.56 Å². The maximum absolute atomic E-state index is 11.9. The number of aliphatic hydroxyl groups excluding tert-OH is 2. The Kier molecular flexibility index (Phi) is 9.54. The summed E-state index contributed by atoms with van der Waals surface area (Å²) in [4.78, 5) is 36.5. The van der Waals surface area contributed by atoms with E-state index in [9.17, 15) is 14.4 Å². The molecule has 0 aliphatic carbocycles. The molecule has 12 nitrogen and oxygen atoms in total. The third-order valence-electron chi connectivity index (χ3n) is 6.90. The van der Waals surface area contributed by atoms with Gasteiger partial charge in [-0.25, -0.2) is 9.59 Å². The first-order chi connectivity index (χ1) is 18.2. The van der Waals surface area contributed by atoms with E-state index in [-0.39, 0.29) is 11.0 Å². The SMILES string of the molecule is CN1C[C@H]2CCN(c3ccc(-c4ccc(-n5ncccc5=O)cc4)cc3)[C@H]2C1.O.O=C(O)C(O)C(O)C(=O)O. The molecule has 3 aromatic rings. The molecule has 12 heteroatoms. The Labute approximate surface area is 224 Å². The number of hydrogen-bond acceptors (Lipinski definition) is 8. The summed E-state index contributed by atoms with van der Waals surface area (Å²) in [6.45, 7) is 3.56. The third-order valence-corrected chi connectivity index (χ3v) is 6.90. The normalized spacial score (nSPS) is 19.7. The van der Waals surface area contributed by atoms with Gasteiger partial charge in [0.15, 0.2) is 12.2 Å². The largest absolute Gasteiger partial charge is 0.479 e. The van der Waals surface area contributed by atoms with Crippen LogP contribution < -0.4 is 10.5 Å². The van der Waals surface area contributed by atoms with Gasteiger partial charge in [-0.05, 0) is 60.8 Å². The van der Waals surface area contributed by atoms with Crippen LogP contribution in [0.5, 0.6) is 0 Å². The van der Waals surface area contributed by atoms with Crippen LogP contribution >= 0.6 is 0 Å². The second kappa shape index (κ2) is 12.6. The molecule has 3 heterocycles. The van der Waals surface area contributed by atoms with Gasteiger partial charge in [0, 0.05) is 43.6 Å². The Morgan fingerprint density at radius 3 is 1.92 bits per heavy atom. The highest BCUT2D eigenvalue weighted by molar-refractivity contribution is 5.83. The van der Waals surface area contributed by atoms with Gasteiger partial charge in [0.2, 0.25) is 0 Å². The van der Waals surface area contributed by atoms with E-state index in [1.54, 1.807) is 12.3 Å². The predicted molar refractivity (Wildman–Crippen MR) is 143 cm³/mol. The van der Waals surface area contributed by atoms with Crippen molar-refractivity contribution in [2.75, 3.05) is 31.6 Å². The van der Waals surface area contributed by atoms with Crippen molar-refractivity contribution in [2.45, 2.75) is 24.7 Å². The van der Waals surface area contributed by atoms with E-state index in [1.807, 2.05) is 24.3 Å². The Balaban J connectivity index is 0.000000330. The number of rotatable bonds is 6. The molecule has 0 radical (unpaired) electrons. The zero-order valence-electron chi connectivity index (χ0n) is 21.3. The molecule has 0 spiro atoms. The number of benzene rings is 2. The lowest BCUT2D eigenvalue weighted by atomic mass is 10.0. The minimum Gasteiger partial charge on any atom is -0.479 e. The second-order valence-corrected chi connectivity index (χ2v) is 9.46. The van der Waals surface area contributed by atoms with Crippen LogP contribution in [0.4, 0.5) is 5.69 Å². The van der Waals surface area contributed by atoms with Crippen molar-refractivity contribution in [3.8, 4) is 16.8 Å². The van der Waals surface area contributed by atoms with Crippen molar-refractivity contribution in [1.29, 1.82) is 0 Å². The number of aliphatic hydroxyl groups is 2. The molecule has 0 amide bonds. The molecule has 208 valence electrons. The van der Waals surface area contributed by atoms with E-state index in [2.05, 4.69) is 46.2 Å². The predicted octanol–water partition coefficient (Wildman–Crippen LogP) is 0.0925. The maximum Gasteiger partial charge on any atom is 0.335 e. The lowest BCUT2D eigenvalue weighted by Crippen LogP contribution is -2.39. The number of carboxylic acid groups (broad SMARTS) is 2. The van der Waals surface area contributed by atoms with Gasteiger partial charge in [-0.15, -0.1) is 0 Å². The zero-order chi connectivity index (χ0) is 27.4. The highest BCUT2D eigenvalue weighted by Gasteiger charge is 2.39. The zero-order valence-corrected chi connectivity index (χ0v) is 21.3. The van der Waals surface area contributed by atoms with E-state index in [1.165, 1.54) is 41.5 Å². The molecule has 39 heavy (non-hydrogen) atoms. The fourth-order valence-corrected chi connectivity index (χ4v) is 4.96. The standard InChI is InChI=1S/C23H24N4O.C4H6O6.H2O/c1-25-15-19-12-14-26(22(19)16-25)20-8-4-17(5-9-20)18-6-10-21(11-7-18)27-23(28)3-2-13-24-27;5-1(3(7)8)2(6)4(9)10;/h2-11,13,19,22H,12,14-16H2,1H3;1-2,5-6H,(H,7,8)(H,9,10);1H2/t19-,22+;;/m1../s1. The van der Waals surface area contributed by atoms with Crippen molar-refractivity contribution in [3.05, 3.63) is 77.2 Å². The number of anilines is 1. The molecule has 1 aromatic heterocycles. The number of hydrogen-bond donors (Lipinski definition) is 4. The van der Waals surface area contributed by atoms with Gasteiger partial charge < -0.3 is 35.7 Å². The molecule has 0 bridgehead atoms. The number of nitrogens with zero attached hydrogens (tertiary/aromatic N) is 4. The van der Waals surface area contributed by atoms with Crippen LogP contribution in [0.15, 0.2) is 71.7 Å². The Morgan fingerprint density at radius 1 is 0.872 bits per heavy atom. The molecule has 2 fully saturated rings. The van der Waals surface area contributed by atoms with Crippen molar-refractivity contribution >= 4 is 17.6 Å². The van der Waals surface area contributed by atoms with Crippen LogP contribution in [0.25, 0.3) is 16.8 Å². The van der Waals surface area contributed by atoms with Crippen LogP contribution in [0.1, 0.15) is 6.42 Å². The summed E-state index contributed by atoms with van der Waals surface area (Å²) in [7, 11) is 2.22. The van der Waals surface area contributed by atoms with Crippen LogP contribution in [0, 0.1) is 5.92 Å².